The zero-order valence-corrected chi connectivity index (χ0v) is 11.2. The van der Waals surface area contributed by atoms with Crippen molar-refractivity contribution in [2.24, 2.45) is 0 Å². The first-order valence-corrected chi connectivity index (χ1v) is 5.94. The van der Waals surface area contributed by atoms with Gasteiger partial charge < -0.3 is 5.32 Å². The number of nitrogens with one attached hydrogen (secondary N) is 1. The van der Waals surface area contributed by atoms with Crippen LogP contribution in [0.3, 0.4) is 0 Å². The Morgan fingerprint density at radius 1 is 1.17 bits per heavy atom. The molecule has 1 rings (SSSR count). The van der Waals surface area contributed by atoms with Gasteiger partial charge in [-0.15, -0.1) is 0 Å². The lowest BCUT2D eigenvalue weighted by Gasteiger charge is -2.20. The largest absolute Gasteiger partial charge is 0.418 e. The summed E-state index contributed by atoms with van der Waals surface area (Å²) in [4.78, 5) is 4.08. The maximum atomic E-state index is 12.7. The molecule has 102 valence electrons. The molecule has 0 atom stereocenters. The van der Waals surface area contributed by atoms with Crippen molar-refractivity contribution in [3.63, 3.8) is 0 Å². The highest BCUT2D eigenvalue weighted by Crippen LogP contribution is 2.31. The molecule has 0 aliphatic heterocycles. The molecule has 0 aromatic carbocycles. The summed E-state index contributed by atoms with van der Waals surface area (Å²) < 4.78 is 38.1. The molecule has 5 heteroatoms. The van der Waals surface area contributed by atoms with Crippen molar-refractivity contribution in [2.45, 2.75) is 52.4 Å². The van der Waals surface area contributed by atoms with Gasteiger partial charge in [0.15, 0.2) is 0 Å². The van der Waals surface area contributed by atoms with Crippen LogP contribution in [0.1, 0.15) is 44.6 Å². The van der Waals surface area contributed by atoms with Crippen LogP contribution in [-0.4, -0.2) is 10.5 Å². The van der Waals surface area contributed by atoms with Crippen molar-refractivity contribution in [2.75, 3.05) is 0 Å². The number of halogens is 3. The predicted molar refractivity (Wildman–Crippen MR) is 65.2 cm³/mol. The fourth-order valence-electron chi connectivity index (χ4n) is 1.53. The Bertz CT molecular complexity index is 406. The zero-order chi connectivity index (χ0) is 14.0. The molecule has 0 saturated heterocycles. The van der Waals surface area contributed by atoms with Crippen molar-refractivity contribution < 1.29 is 13.2 Å². The Morgan fingerprint density at radius 2 is 1.78 bits per heavy atom. The van der Waals surface area contributed by atoms with E-state index < -0.39 is 11.7 Å². The lowest BCUT2D eigenvalue weighted by atomic mass is 10.1. The van der Waals surface area contributed by atoms with Gasteiger partial charge in [0, 0.05) is 12.1 Å². The van der Waals surface area contributed by atoms with Crippen LogP contribution in [0.25, 0.3) is 0 Å². The van der Waals surface area contributed by atoms with Crippen LogP contribution in [0, 0.1) is 0 Å². The van der Waals surface area contributed by atoms with Gasteiger partial charge in [0.25, 0.3) is 0 Å². The summed E-state index contributed by atoms with van der Waals surface area (Å²) in [6.45, 7) is 8.14. The third-order valence-corrected chi connectivity index (χ3v) is 2.47. The second kappa shape index (κ2) is 5.26. The molecule has 0 aliphatic carbocycles. The molecule has 18 heavy (non-hydrogen) atoms. The van der Waals surface area contributed by atoms with E-state index >= 15 is 0 Å². The molecule has 0 spiro atoms. The zero-order valence-electron chi connectivity index (χ0n) is 11.2. The SMILES string of the molecule is CCc1nc(CNC(C)(C)C)ccc1C(F)(F)F. The molecule has 0 saturated carbocycles. The number of hydrogen-bond donors (Lipinski definition) is 1. The normalized spacial score (nSPS) is 12.8. The first-order chi connectivity index (χ1) is 8.13. The van der Waals surface area contributed by atoms with Crippen molar-refractivity contribution >= 4 is 0 Å². The van der Waals surface area contributed by atoms with Crippen LogP contribution in [0.15, 0.2) is 12.1 Å². The Balaban J connectivity index is 2.93. The van der Waals surface area contributed by atoms with Crippen molar-refractivity contribution in [1.29, 1.82) is 0 Å². The summed E-state index contributed by atoms with van der Waals surface area (Å²) in [6.07, 6.45) is -4.05. The summed E-state index contributed by atoms with van der Waals surface area (Å²) in [5.74, 6) is 0. The third kappa shape index (κ3) is 4.29. The van der Waals surface area contributed by atoms with E-state index in [4.69, 9.17) is 0 Å². The Kier molecular flexibility index (Phi) is 4.37. The number of aryl methyl sites for hydroxylation is 1. The number of aromatic nitrogens is 1. The Labute approximate surface area is 106 Å². The quantitative estimate of drug-likeness (QED) is 0.899. The number of rotatable bonds is 3. The predicted octanol–water partition coefficient (Wildman–Crippen LogP) is 3.55. The Hall–Kier alpha value is -1.10. The van der Waals surface area contributed by atoms with Crippen molar-refractivity contribution in [1.82, 2.24) is 10.3 Å². The van der Waals surface area contributed by atoms with Crippen LogP contribution in [0.5, 0.6) is 0 Å². The van der Waals surface area contributed by atoms with E-state index in [1.165, 1.54) is 6.07 Å². The monoisotopic (exact) mass is 260 g/mol. The van der Waals surface area contributed by atoms with Crippen LogP contribution in [0.4, 0.5) is 13.2 Å². The molecule has 0 fully saturated rings. The van der Waals surface area contributed by atoms with E-state index in [0.29, 0.717) is 12.2 Å². The number of alkyl halides is 3. The maximum absolute atomic E-state index is 12.7. The summed E-state index contributed by atoms with van der Waals surface area (Å²) in [5, 5.41) is 3.20. The highest BCUT2D eigenvalue weighted by Gasteiger charge is 2.33. The van der Waals surface area contributed by atoms with Crippen molar-refractivity contribution in [3.8, 4) is 0 Å². The average Bonchev–Trinajstić information content (AvgIpc) is 2.23. The van der Waals surface area contributed by atoms with Crippen molar-refractivity contribution in [3.05, 3.63) is 29.1 Å². The van der Waals surface area contributed by atoms with Gasteiger partial charge in [0.05, 0.1) is 17.0 Å². The van der Waals surface area contributed by atoms with Gasteiger partial charge in [-0.2, -0.15) is 13.2 Å². The van der Waals surface area contributed by atoms with Gasteiger partial charge in [-0.05, 0) is 39.3 Å². The standard InChI is InChI=1S/C13H19F3N2/c1-5-11-10(13(14,15)16)7-6-9(18-11)8-17-12(2,3)4/h6-7,17H,5,8H2,1-4H3. The molecule has 0 amide bonds. The van der Waals surface area contributed by atoms with E-state index in [0.717, 1.165) is 6.07 Å². The van der Waals surface area contributed by atoms with Gasteiger partial charge in [-0.3, -0.25) is 4.98 Å². The van der Waals surface area contributed by atoms with Crippen LogP contribution in [0.2, 0.25) is 0 Å². The van der Waals surface area contributed by atoms with E-state index in [9.17, 15) is 13.2 Å². The minimum absolute atomic E-state index is 0.0866. The van der Waals surface area contributed by atoms with Crippen LogP contribution < -0.4 is 5.32 Å². The molecule has 2 nitrogen and oxygen atoms in total. The van der Waals surface area contributed by atoms with Gasteiger partial charge in [0.1, 0.15) is 0 Å². The van der Waals surface area contributed by atoms with Crippen LogP contribution in [-0.2, 0) is 19.1 Å². The number of pyridine rings is 1. The molecule has 1 aromatic rings. The first kappa shape index (κ1) is 15.0. The summed E-state index contributed by atoms with van der Waals surface area (Å²) in [6, 6.07) is 2.55. The van der Waals surface area contributed by atoms with E-state index in [1.54, 1.807) is 6.92 Å². The highest BCUT2D eigenvalue weighted by atomic mass is 19.4. The second-order valence-corrected chi connectivity index (χ2v) is 5.25. The number of hydrogen-bond acceptors (Lipinski definition) is 2. The topological polar surface area (TPSA) is 24.9 Å². The lowest BCUT2D eigenvalue weighted by molar-refractivity contribution is -0.138. The van der Waals surface area contributed by atoms with Gasteiger partial charge in [0.2, 0.25) is 0 Å². The smallest absolute Gasteiger partial charge is 0.306 e. The number of nitrogens with zero attached hydrogens (tertiary/aromatic N) is 1. The molecule has 1 aromatic heterocycles. The third-order valence-electron chi connectivity index (χ3n) is 2.47. The molecule has 0 aliphatic rings. The molecular formula is C13H19F3N2. The summed E-state index contributed by atoms with van der Waals surface area (Å²) in [5.41, 5.74) is 0.0199. The highest BCUT2D eigenvalue weighted by molar-refractivity contribution is 5.26. The summed E-state index contributed by atoms with van der Waals surface area (Å²) >= 11 is 0. The molecule has 1 N–H and O–H groups in total. The first-order valence-electron chi connectivity index (χ1n) is 5.94. The van der Waals surface area contributed by atoms with Gasteiger partial charge in [-0.1, -0.05) is 6.92 Å². The molecule has 0 bridgehead atoms. The van der Waals surface area contributed by atoms with Gasteiger partial charge >= 0.3 is 6.18 Å². The molecule has 1 heterocycles. The fraction of sp³-hybridized carbons (Fsp3) is 0.615. The molecular weight excluding hydrogens is 241 g/mol. The average molecular weight is 260 g/mol. The van der Waals surface area contributed by atoms with E-state index in [1.807, 2.05) is 20.8 Å². The minimum atomic E-state index is -4.33. The van der Waals surface area contributed by atoms with Gasteiger partial charge in [-0.25, -0.2) is 0 Å². The fourth-order valence-corrected chi connectivity index (χ4v) is 1.53. The van der Waals surface area contributed by atoms with E-state index in [2.05, 4.69) is 10.3 Å². The molecule has 0 unspecified atom stereocenters. The minimum Gasteiger partial charge on any atom is -0.306 e. The maximum Gasteiger partial charge on any atom is 0.418 e. The van der Waals surface area contributed by atoms with E-state index in [-0.39, 0.29) is 17.7 Å². The lowest BCUT2D eigenvalue weighted by Crippen LogP contribution is -2.35. The second-order valence-electron chi connectivity index (χ2n) is 5.25. The summed E-state index contributed by atoms with van der Waals surface area (Å²) in [7, 11) is 0. The Morgan fingerprint density at radius 3 is 2.22 bits per heavy atom. The molecule has 0 radical (unpaired) electrons. The van der Waals surface area contributed by atoms with Crippen LogP contribution >= 0.6 is 0 Å².